The molecule has 0 aliphatic carbocycles. The summed E-state index contributed by atoms with van der Waals surface area (Å²) in [5, 5.41) is 12.6. The summed E-state index contributed by atoms with van der Waals surface area (Å²) in [5.74, 6) is 1.97. The van der Waals surface area contributed by atoms with E-state index in [0.717, 1.165) is 41.9 Å². The molecule has 1 aromatic heterocycles. The van der Waals surface area contributed by atoms with Crippen molar-refractivity contribution in [2.45, 2.75) is 38.8 Å². The van der Waals surface area contributed by atoms with Crippen LogP contribution in [0.5, 0.6) is 11.5 Å². The van der Waals surface area contributed by atoms with Crippen molar-refractivity contribution in [2.75, 3.05) is 20.8 Å². The van der Waals surface area contributed by atoms with Crippen molar-refractivity contribution in [3.8, 4) is 22.9 Å². The largest absolute Gasteiger partial charge is 0.497 e. The Balaban J connectivity index is 1.50. The van der Waals surface area contributed by atoms with Gasteiger partial charge in [0.1, 0.15) is 18.0 Å². The Hall–Kier alpha value is -3.42. The number of methoxy groups -OCH3 is 2. The Bertz CT molecular complexity index is 1050. The topological polar surface area (TPSA) is 82.4 Å². The van der Waals surface area contributed by atoms with Crippen molar-refractivity contribution in [3.05, 3.63) is 53.6 Å². The maximum atomic E-state index is 13.1. The molecule has 0 N–H and O–H groups in total. The number of likely N-dealkylation sites (tertiary alicyclic amines) is 1. The summed E-state index contributed by atoms with van der Waals surface area (Å²) in [4.78, 5) is 16.3. The van der Waals surface area contributed by atoms with Gasteiger partial charge in [0.05, 0.1) is 20.3 Å². The Morgan fingerprint density at radius 3 is 2.65 bits per heavy atom. The van der Waals surface area contributed by atoms with E-state index in [0.29, 0.717) is 12.4 Å². The van der Waals surface area contributed by atoms with E-state index in [4.69, 9.17) is 9.47 Å². The van der Waals surface area contributed by atoms with E-state index in [-0.39, 0.29) is 18.5 Å². The molecule has 8 heteroatoms. The standard InChI is InChI=1S/C23H27N5O3/c1-4-16-7-9-17(10-8-16)23-24-26-28(25-23)15-22(29)27-13-5-6-20(27)19-14-18(30-2)11-12-21(19)31-3/h7-12,14,20H,4-6,13,15H2,1-3H3/t20-/m1/s1. The first kappa shape index (κ1) is 20.8. The molecule has 1 atom stereocenters. The zero-order chi connectivity index (χ0) is 21.8. The Morgan fingerprint density at radius 1 is 1.13 bits per heavy atom. The molecule has 162 valence electrons. The zero-order valence-electron chi connectivity index (χ0n) is 18.1. The smallest absolute Gasteiger partial charge is 0.246 e. The van der Waals surface area contributed by atoms with Crippen LogP contribution in [0, 0.1) is 0 Å². The third kappa shape index (κ3) is 4.38. The minimum atomic E-state index is -0.0675. The highest BCUT2D eigenvalue weighted by Crippen LogP contribution is 2.39. The number of rotatable bonds is 7. The first-order valence-corrected chi connectivity index (χ1v) is 10.5. The van der Waals surface area contributed by atoms with E-state index < -0.39 is 0 Å². The van der Waals surface area contributed by atoms with Crippen LogP contribution in [0.15, 0.2) is 42.5 Å². The molecule has 0 spiro atoms. The summed E-state index contributed by atoms with van der Waals surface area (Å²) in [6, 6.07) is 13.7. The SMILES string of the molecule is CCc1ccc(-c2nnn(CC(=O)N3CCC[C@@H]3c3cc(OC)ccc3OC)n2)cc1. The van der Waals surface area contributed by atoms with E-state index in [1.165, 1.54) is 10.4 Å². The molecule has 3 aromatic rings. The number of hydrogen-bond donors (Lipinski definition) is 0. The average Bonchev–Trinajstić information content (AvgIpc) is 3.48. The van der Waals surface area contributed by atoms with Crippen LogP contribution in [0.3, 0.4) is 0 Å². The maximum absolute atomic E-state index is 13.1. The molecule has 1 aliphatic heterocycles. The van der Waals surface area contributed by atoms with Crippen LogP contribution in [0.4, 0.5) is 0 Å². The highest BCUT2D eigenvalue weighted by molar-refractivity contribution is 5.77. The van der Waals surface area contributed by atoms with Gasteiger partial charge in [-0.25, -0.2) is 0 Å². The van der Waals surface area contributed by atoms with Crippen LogP contribution in [0.2, 0.25) is 0 Å². The summed E-state index contributed by atoms with van der Waals surface area (Å²) < 4.78 is 10.9. The fourth-order valence-corrected chi connectivity index (χ4v) is 4.02. The summed E-state index contributed by atoms with van der Waals surface area (Å²) >= 11 is 0. The summed E-state index contributed by atoms with van der Waals surface area (Å²) in [7, 11) is 3.27. The number of hydrogen-bond acceptors (Lipinski definition) is 6. The van der Waals surface area contributed by atoms with Crippen molar-refractivity contribution in [1.29, 1.82) is 0 Å². The quantitative estimate of drug-likeness (QED) is 0.582. The number of ether oxygens (including phenoxy) is 2. The third-order valence-electron chi connectivity index (χ3n) is 5.72. The van der Waals surface area contributed by atoms with Crippen LogP contribution in [0.25, 0.3) is 11.4 Å². The van der Waals surface area contributed by atoms with Crippen LogP contribution in [-0.2, 0) is 17.8 Å². The van der Waals surface area contributed by atoms with Gasteiger partial charge in [-0.05, 0) is 48.2 Å². The first-order chi connectivity index (χ1) is 15.1. The predicted octanol–water partition coefficient (Wildman–Crippen LogP) is 3.28. The average molecular weight is 422 g/mol. The van der Waals surface area contributed by atoms with Crippen molar-refractivity contribution in [3.63, 3.8) is 0 Å². The monoisotopic (exact) mass is 421 g/mol. The van der Waals surface area contributed by atoms with Crippen LogP contribution < -0.4 is 9.47 Å². The lowest BCUT2D eigenvalue weighted by atomic mass is 10.0. The molecule has 0 saturated carbocycles. The molecule has 1 aliphatic rings. The third-order valence-corrected chi connectivity index (χ3v) is 5.72. The number of carbonyl (C=O) groups excluding carboxylic acids is 1. The van der Waals surface area contributed by atoms with Crippen LogP contribution in [-0.4, -0.2) is 51.8 Å². The first-order valence-electron chi connectivity index (χ1n) is 10.5. The highest BCUT2D eigenvalue weighted by atomic mass is 16.5. The zero-order valence-corrected chi connectivity index (χ0v) is 18.1. The Morgan fingerprint density at radius 2 is 1.94 bits per heavy atom. The van der Waals surface area contributed by atoms with Crippen LogP contribution in [0.1, 0.15) is 36.9 Å². The molecule has 1 saturated heterocycles. The Labute approximate surface area is 181 Å². The van der Waals surface area contributed by atoms with Crippen molar-refractivity contribution in [1.82, 2.24) is 25.1 Å². The van der Waals surface area contributed by atoms with E-state index in [1.807, 2.05) is 35.2 Å². The molecule has 0 radical (unpaired) electrons. The van der Waals surface area contributed by atoms with Gasteiger partial charge in [-0.1, -0.05) is 31.2 Å². The van der Waals surface area contributed by atoms with Crippen molar-refractivity contribution in [2.24, 2.45) is 0 Å². The summed E-state index contributed by atoms with van der Waals surface area (Å²) in [6.45, 7) is 2.84. The molecule has 1 amide bonds. The lowest BCUT2D eigenvalue weighted by Gasteiger charge is -2.26. The van der Waals surface area contributed by atoms with E-state index >= 15 is 0 Å². The van der Waals surface area contributed by atoms with Gasteiger partial charge in [-0.3, -0.25) is 4.79 Å². The van der Waals surface area contributed by atoms with E-state index in [1.54, 1.807) is 14.2 Å². The number of aryl methyl sites for hydroxylation is 1. The predicted molar refractivity (Wildman–Crippen MR) is 116 cm³/mol. The lowest BCUT2D eigenvalue weighted by molar-refractivity contribution is -0.133. The fourth-order valence-electron chi connectivity index (χ4n) is 4.02. The van der Waals surface area contributed by atoms with Gasteiger partial charge < -0.3 is 14.4 Å². The molecule has 2 aromatic carbocycles. The normalized spacial score (nSPS) is 15.8. The minimum Gasteiger partial charge on any atom is -0.497 e. The van der Waals surface area contributed by atoms with Gasteiger partial charge in [0, 0.05) is 17.7 Å². The number of benzene rings is 2. The fraction of sp³-hybridized carbons (Fsp3) is 0.391. The number of aromatic nitrogens is 4. The number of tetrazole rings is 1. The second-order valence-corrected chi connectivity index (χ2v) is 7.55. The molecule has 4 rings (SSSR count). The van der Waals surface area contributed by atoms with Crippen molar-refractivity contribution >= 4 is 5.91 Å². The number of carbonyl (C=O) groups is 1. The van der Waals surface area contributed by atoms with Gasteiger partial charge in [-0.2, -0.15) is 4.80 Å². The molecule has 1 fully saturated rings. The van der Waals surface area contributed by atoms with Gasteiger partial charge in [0.15, 0.2) is 0 Å². The molecule has 31 heavy (non-hydrogen) atoms. The second kappa shape index (κ2) is 9.16. The lowest BCUT2D eigenvalue weighted by Crippen LogP contribution is -2.34. The van der Waals surface area contributed by atoms with E-state index in [2.05, 4.69) is 34.5 Å². The van der Waals surface area contributed by atoms with Gasteiger partial charge >= 0.3 is 0 Å². The van der Waals surface area contributed by atoms with Crippen molar-refractivity contribution < 1.29 is 14.3 Å². The number of amides is 1. The summed E-state index contributed by atoms with van der Waals surface area (Å²) in [5.41, 5.74) is 3.09. The molecule has 2 heterocycles. The second-order valence-electron chi connectivity index (χ2n) is 7.55. The summed E-state index contributed by atoms with van der Waals surface area (Å²) in [6.07, 6.45) is 2.77. The van der Waals surface area contributed by atoms with E-state index in [9.17, 15) is 4.79 Å². The van der Waals surface area contributed by atoms with Gasteiger partial charge in [-0.15, -0.1) is 10.2 Å². The molecule has 0 unspecified atom stereocenters. The van der Waals surface area contributed by atoms with Crippen LogP contribution >= 0.6 is 0 Å². The van der Waals surface area contributed by atoms with Gasteiger partial charge in [0.2, 0.25) is 11.7 Å². The Kier molecular flexibility index (Phi) is 6.16. The minimum absolute atomic E-state index is 0.0438. The maximum Gasteiger partial charge on any atom is 0.246 e. The molecule has 8 nitrogen and oxygen atoms in total. The molecular formula is C23H27N5O3. The highest BCUT2D eigenvalue weighted by Gasteiger charge is 2.32. The molecule has 0 bridgehead atoms. The van der Waals surface area contributed by atoms with Gasteiger partial charge in [0.25, 0.3) is 0 Å². The number of nitrogens with zero attached hydrogens (tertiary/aromatic N) is 5. The molecular weight excluding hydrogens is 394 g/mol.